The summed E-state index contributed by atoms with van der Waals surface area (Å²) in [5.41, 5.74) is 1.58. The normalized spacial score (nSPS) is 12.4. The molecule has 1 N–H and O–H groups in total. The monoisotopic (exact) mass is 359 g/mol. The summed E-state index contributed by atoms with van der Waals surface area (Å²) in [5.74, 6) is -1.70. The van der Waals surface area contributed by atoms with Crippen LogP contribution in [0.15, 0.2) is 40.9 Å². The standard InChI is InChI=1S/C15H13BrClF2N/c1-2-20-15(9-3-6-13(18)14(19)7-9)11-5-4-10(17)8-12(11)16/h3-8,15,20H,2H2,1H3. The van der Waals surface area contributed by atoms with Gasteiger partial charge in [0.05, 0.1) is 6.04 Å². The zero-order valence-corrected chi connectivity index (χ0v) is 13.1. The van der Waals surface area contributed by atoms with Crippen molar-refractivity contribution in [1.29, 1.82) is 0 Å². The minimum absolute atomic E-state index is 0.234. The molecule has 0 aliphatic carbocycles. The van der Waals surface area contributed by atoms with Crippen LogP contribution in [0.25, 0.3) is 0 Å². The van der Waals surface area contributed by atoms with Crippen LogP contribution in [-0.4, -0.2) is 6.54 Å². The van der Waals surface area contributed by atoms with Gasteiger partial charge in [-0.1, -0.05) is 46.6 Å². The van der Waals surface area contributed by atoms with Crippen LogP contribution in [0.1, 0.15) is 24.1 Å². The first kappa shape index (κ1) is 15.4. The Bertz CT molecular complexity index is 619. The largest absolute Gasteiger partial charge is 0.306 e. The average molecular weight is 361 g/mol. The van der Waals surface area contributed by atoms with Gasteiger partial charge in [-0.05, 0) is 41.9 Å². The van der Waals surface area contributed by atoms with E-state index in [4.69, 9.17) is 11.6 Å². The Labute approximate surface area is 130 Å². The molecule has 20 heavy (non-hydrogen) atoms. The molecule has 0 saturated heterocycles. The second-order valence-electron chi connectivity index (χ2n) is 4.33. The molecule has 1 nitrogen and oxygen atoms in total. The molecule has 0 fully saturated rings. The maximum absolute atomic E-state index is 13.4. The van der Waals surface area contributed by atoms with Crippen molar-refractivity contribution in [3.63, 3.8) is 0 Å². The Balaban J connectivity index is 2.47. The second-order valence-corrected chi connectivity index (χ2v) is 5.62. The molecule has 0 amide bonds. The number of benzene rings is 2. The third-order valence-electron chi connectivity index (χ3n) is 2.96. The van der Waals surface area contributed by atoms with Crippen LogP contribution in [0.3, 0.4) is 0 Å². The molecule has 5 heteroatoms. The maximum atomic E-state index is 13.4. The number of hydrogen-bond acceptors (Lipinski definition) is 1. The molecule has 0 bridgehead atoms. The molecule has 106 valence electrons. The SMILES string of the molecule is CCNC(c1ccc(F)c(F)c1)c1ccc(Cl)cc1Br. The third kappa shape index (κ3) is 3.37. The fourth-order valence-electron chi connectivity index (χ4n) is 2.04. The van der Waals surface area contributed by atoms with Gasteiger partial charge in [0.1, 0.15) is 0 Å². The molecule has 2 rings (SSSR count). The van der Waals surface area contributed by atoms with E-state index in [1.807, 2.05) is 13.0 Å². The van der Waals surface area contributed by atoms with Gasteiger partial charge in [0.15, 0.2) is 11.6 Å². The van der Waals surface area contributed by atoms with Gasteiger partial charge >= 0.3 is 0 Å². The number of nitrogens with one attached hydrogen (secondary N) is 1. The molecule has 0 radical (unpaired) electrons. The van der Waals surface area contributed by atoms with E-state index in [-0.39, 0.29) is 6.04 Å². The summed E-state index contributed by atoms with van der Waals surface area (Å²) in [7, 11) is 0. The predicted molar refractivity (Wildman–Crippen MR) is 81.0 cm³/mol. The molecule has 0 aromatic heterocycles. The second kappa shape index (κ2) is 6.66. The zero-order valence-electron chi connectivity index (χ0n) is 10.8. The Kier molecular flexibility index (Phi) is 5.13. The first-order valence-electron chi connectivity index (χ1n) is 6.16. The first-order valence-corrected chi connectivity index (χ1v) is 7.33. The fraction of sp³-hybridized carbons (Fsp3) is 0.200. The van der Waals surface area contributed by atoms with Crippen molar-refractivity contribution in [3.05, 3.63) is 68.7 Å². The molecule has 1 atom stereocenters. The lowest BCUT2D eigenvalue weighted by Gasteiger charge is -2.20. The van der Waals surface area contributed by atoms with Gasteiger partial charge < -0.3 is 5.32 Å². The Morgan fingerprint density at radius 3 is 2.50 bits per heavy atom. The van der Waals surface area contributed by atoms with Crippen molar-refractivity contribution >= 4 is 27.5 Å². The number of halogens is 4. The van der Waals surface area contributed by atoms with E-state index in [1.54, 1.807) is 18.2 Å². The molecule has 1 unspecified atom stereocenters. The van der Waals surface area contributed by atoms with Gasteiger partial charge in [-0.15, -0.1) is 0 Å². The summed E-state index contributed by atoms with van der Waals surface area (Å²) in [5, 5.41) is 3.87. The van der Waals surface area contributed by atoms with Gasteiger partial charge in [-0.2, -0.15) is 0 Å². The summed E-state index contributed by atoms with van der Waals surface area (Å²) in [6, 6.07) is 9.10. The summed E-state index contributed by atoms with van der Waals surface area (Å²) < 4.78 is 27.3. The van der Waals surface area contributed by atoms with Crippen LogP contribution in [0.5, 0.6) is 0 Å². The van der Waals surface area contributed by atoms with Gasteiger partial charge in [0, 0.05) is 9.50 Å². The highest BCUT2D eigenvalue weighted by molar-refractivity contribution is 9.10. The molecule has 0 saturated carbocycles. The predicted octanol–water partition coefficient (Wildman–Crippen LogP) is 5.08. The molecule has 2 aromatic rings. The van der Waals surface area contributed by atoms with E-state index in [0.29, 0.717) is 17.1 Å². The molecule has 0 aliphatic rings. The van der Waals surface area contributed by atoms with Crippen LogP contribution >= 0.6 is 27.5 Å². The van der Waals surface area contributed by atoms with Gasteiger partial charge in [-0.25, -0.2) is 8.78 Å². The van der Waals surface area contributed by atoms with Crippen molar-refractivity contribution < 1.29 is 8.78 Å². The van der Waals surface area contributed by atoms with Crippen LogP contribution in [0.4, 0.5) is 8.78 Å². The van der Waals surface area contributed by atoms with Gasteiger partial charge in [0.2, 0.25) is 0 Å². The lowest BCUT2D eigenvalue weighted by atomic mass is 9.98. The van der Waals surface area contributed by atoms with Crippen LogP contribution in [0.2, 0.25) is 5.02 Å². The van der Waals surface area contributed by atoms with Crippen LogP contribution < -0.4 is 5.32 Å². The first-order chi connectivity index (χ1) is 9.52. The summed E-state index contributed by atoms with van der Waals surface area (Å²) in [4.78, 5) is 0. The molecule has 0 heterocycles. The summed E-state index contributed by atoms with van der Waals surface area (Å²) >= 11 is 9.39. The van der Waals surface area contributed by atoms with Crippen molar-refractivity contribution in [2.45, 2.75) is 13.0 Å². The highest BCUT2D eigenvalue weighted by atomic mass is 79.9. The van der Waals surface area contributed by atoms with Crippen molar-refractivity contribution in [3.8, 4) is 0 Å². The zero-order chi connectivity index (χ0) is 14.7. The Hall–Kier alpha value is -0.970. The topological polar surface area (TPSA) is 12.0 Å². The van der Waals surface area contributed by atoms with Crippen molar-refractivity contribution in [2.75, 3.05) is 6.54 Å². The Morgan fingerprint density at radius 1 is 1.15 bits per heavy atom. The molecular weight excluding hydrogens is 348 g/mol. The van der Waals surface area contributed by atoms with E-state index < -0.39 is 11.6 Å². The highest BCUT2D eigenvalue weighted by Gasteiger charge is 2.17. The molecular formula is C15H13BrClF2N. The van der Waals surface area contributed by atoms with Gasteiger partial charge in [-0.3, -0.25) is 0 Å². The minimum Gasteiger partial charge on any atom is -0.306 e. The Morgan fingerprint density at radius 2 is 1.90 bits per heavy atom. The minimum atomic E-state index is -0.851. The lowest BCUT2D eigenvalue weighted by Crippen LogP contribution is -2.22. The van der Waals surface area contributed by atoms with Crippen LogP contribution in [-0.2, 0) is 0 Å². The maximum Gasteiger partial charge on any atom is 0.159 e. The smallest absolute Gasteiger partial charge is 0.159 e. The van der Waals surface area contributed by atoms with E-state index >= 15 is 0 Å². The number of rotatable bonds is 4. The summed E-state index contributed by atoms with van der Waals surface area (Å²) in [6.07, 6.45) is 0. The van der Waals surface area contributed by atoms with E-state index in [2.05, 4.69) is 21.2 Å². The fourth-order valence-corrected chi connectivity index (χ4v) is 2.95. The lowest BCUT2D eigenvalue weighted by molar-refractivity contribution is 0.504. The quantitative estimate of drug-likeness (QED) is 0.802. The van der Waals surface area contributed by atoms with E-state index in [0.717, 1.165) is 16.1 Å². The molecule has 0 aliphatic heterocycles. The number of hydrogen-bond donors (Lipinski definition) is 1. The van der Waals surface area contributed by atoms with Crippen molar-refractivity contribution in [1.82, 2.24) is 5.32 Å². The molecule has 2 aromatic carbocycles. The molecule has 0 spiro atoms. The van der Waals surface area contributed by atoms with E-state index in [1.165, 1.54) is 6.07 Å². The summed E-state index contributed by atoms with van der Waals surface area (Å²) in [6.45, 7) is 2.65. The highest BCUT2D eigenvalue weighted by Crippen LogP contribution is 2.31. The van der Waals surface area contributed by atoms with Crippen molar-refractivity contribution in [2.24, 2.45) is 0 Å². The third-order valence-corrected chi connectivity index (χ3v) is 3.88. The van der Waals surface area contributed by atoms with Crippen LogP contribution in [0, 0.1) is 11.6 Å². The van der Waals surface area contributed by atoms with Gasteiger partial charge in [0.25, 0.3) is 0 Å². The van der Waals surface area contributed by atoms with E-state index in [9.17, 15) is 8.78 Å². The average Bonchev–Trinajstić information content (AvgIpc) is 2.40.